The van der Waals surface area contributed by atoms with Gasteiger partial charge in [0.1, 0.15) is 5.69 Å². The smallest absolute Gasteiger partial charge is 0.355 e. The normalized spacial score (nSPS) is 11.9. The molecule has 1 heterocycles. The highest BCUT2D eigenvalue weighted by molar-refractivity contribution is 6.03. The van der Waals surface area contributed by atoms with E-state index in [1.165, 1.54) is 19.2 Å². The zero-order chi connectivity index (χ0) is 18.0. The van der Waals surface area contributed by atoms with Crippen LogP contribution in [0.2, 0.25) is 0 Å². The summed E-state index contributed by atoms with van der Waals surface area (Å²) in [5, 5.41) is 0. The molecule has 0 aliphatic rings. The first-order valence-electron chi connectivity index (χ1n) is 7.73. The van der Waals surface area contributed by atoms with Crippen LogP contribution in [-0.2, 0) is 4.74 Å². The van der Waals surface area contributed by atoms with Crippen molar-refractivity contribution in [1.82, 2.24) is 4.98 Å². The van der Waals surface area contributed by atoms with Gasteiger partial charge in [0.2, 0.25) is 5.78 Å². The average Bonchev–Trinajstić information content (AvgIpc) is 3.00. The van der Waals surface area contributed by atoms with Gasteiger partial charge in [-0.05, 0) is 63.4 Å². The van der Waals surface area contributed by atoms with E-state index in [1.807, 2.05) is 32.9 Å². The summed E-state index contributed by atoms with van der Waals surface area (Å²) in [7, 11) is 0. The molecule has 1 aromatic heterocycles. The zero-order valence-corrected chi connectivity index (χ0v) is 14.5. The molecule has 0 saturated carbocycles. The number of H-pyrrole nitrogens is 1. The lowest BCUT2D eigenvalue weighted by Gasteiger charge is -2.14. The topological polar surface area (TPSA) is 76.2 Å². The minimum absolute atomic E-state index is 0.150. The fraction of sp³-hybridized carbons (Fsp3) is 0.316. The van der Waals surface area contributed by atoms with E-state index in [9.17, 15) is 14.4 Å². The van der Waals surface area contributed by atoms with Crippen LogP contribution in [0.25, 0.3) is 0 Å². The maximum atomic E-state index is 12.6. The number of esters is 1. The van der Waals surface area contributed by atoms with E-state index in [4.69, 9.17) is 4.74 Å². The van der Waals surface area contributed by atoms with Crippen molar-refractivity contribution in [3.63, 3.8) is 0 Å². The number of ether oxygens (including phenoxy) is 1. The van der Waals surface area contributed by atoms with Crippen LogP contribution in [0.3, 0.4) is 0 Å². The second kappa shape index (κ2) is 6.83. The summed E-state index contributed by atoms with van der Waals surface area (Å²) >= 11 is 0. The van der Waals surface area contributed by atoms with Gasteiger partial charge in [0.05, 0.1) is 0 Å². The van der Waals surface area contributed by atoms with Crippen molar-refractivity contribution in [2.24, 2.45) is 0 Å². The van der Waals surface area contributed by atoms with E-state index in [2.05, 4.69) is 4.98 Å². The Morgan fingerprint density at radius 2 is 1.62 bits per heavy atom. The van der Waals surface area contributed by atoms with Crippen molar-refractivity contribution in [1.29, 1.82) is 0 Å². The first kappa shape index (κ1) is 17.7. The third-order valence-electron chi connectivity index (χ3n) is 4.07. The molecule has 0 amide bonds. The van der Waals surface area contributed by atoms with Gasteiger partial charge in [0.25, 0.3) is 0 Å². The van der Waals surface area contributed by atoms with E-state index in [0.29, 0.717) is 11.1 Å². The Labute approximate surface area is 141 Å². The number of Topliss-reactive ketones (excluding diaryl/α,β-unsaturated/α-hetero) is 2. The van der Waals surface area contributed by atoms with Crippen LogP contribution in [0.4, 0.5) is 0 Å². The molecule has 126 valence electrons. The van der Waals surface area contributed by atoms with Crippen molar-refractivity contribution in [2.45, 2.75) is 40.7 Å². The third kappa shape index (κ3) is 3.62. The predicted molar refractivity (Wildman–Crippen MR) is 90.7 cm³/mol. The summed E-state index contributed by atoms with van der Waals surface area (Å²) in [6.45, 7) is 8.73. The summed E-state index contributed by atoms with van der Waals surface area (Å²) in [5.74, 6) is -1.06. The molecular weight excluding hydrogens is 306 g/mol. The van der Waals surface area contributed by atoms with Crippen LogP contribution in [0.1, 0.15) is 61.7 Å². The molecule has 0 spiro atoms. The molecule has 0 bridgehead atoms. The van der Waals surface area contributed by atoms with Crippen molar-refractivity contribution >= 4 is 17.5 Å². The number of hydrogen-bond donors (Lipinski definition) is 1. The molecule has 5 heteroatoms. The molecule has 0 unspecified atom stereocenters. The van der Waals surface area contributed by atoms with Gasteiger partial charge in [-0.2, -0.15) is 0 Å². The highest BCUT2D eigenvalue weighted by Crippen LogP contribution is 2.18. The van der Waals surface area contributed by atoms with Gasteiger partial charge in [0.15, 0.2) is 11.9 Å². The molecule has 5 nitrogen and oxygen atoms in total. The lowest BCUT2D eigenvalue weighted by molar-refractivity contribution is 0.0313. The van der Waals surface area contributed by atoms with Crippen molar-refractivity contribution in [3.05, 3.63) is 57.9 Å². The molecule has 0 saturated heterocycles. The summed E-state index contributed by atoms with van der Waals surface area (Å²) in [6, 6.07) is 5.18. The van der Waals surface area contributed by atoms with Crippen molar-refractivity contribution in [2.75, 3.05) is 0 Å². The molecule has 24 heavy (non-hydrogen) atoms. The molecular formula is C19H21NO4. The molecule has 1 N–H and O–H groups in total. The Morgan fingerprint density at radius 3 is 2.21 bits per heavy atom. The Balaban J connectivity index is 2.15. The van der Waals surface area contributed by atoms with Gasteiger partial charge < -0.3 is 9.72 Å². The summed E-state index contributed by atoms with van der Waals surface area (Å²) in [4.78, 5) is 38.6. The quantitative estimate of drug-likeness (QED) is 0.673. The van der Waals surface area contributed by atoms with E-state index >= 15 is 0 Å². The highest BCUT2D eigenvalue weighted by atomic mass is 16.5. The number of ketones is 2. The number of aryl methyl sites for hydroxylation is 3. The standard InChI is InChI=1S/C19H21NO4/c1-10-6-12(3)16(7-11(10)2)18(22)14(5)24-19(23)17-8-15(9-20-17)13(4)21/h6-9,14,20H,1-5H3/t14-/m0/s1. The zero-order valence-electron chi connectivity index (χ0n) is 14.5. The van der Waals surface area contributed by atoms with Gasteiger partial charge in [-0.1, -0.05) is 6.07 Å². The Morgan fingerprint density at radius 1 is 1.00 bits per heavy atom. The molecule has 2 rings (SSSR count). The second-order valence-electron chi connectivity index (χ2n) is 6.02. The van der Waals surface area contributed by atoms with E-state index in [0.717, 1.165) is 16.7 Å². The lowest BCUT2D eigenvalue weighted by atomic mass is 9.96. The molecule has 2 aromatic rings. The Bertz CT molecular complexity index is 817. The Kier molecular flexibility index (Phi) is 5.02. The predicted octanol–water partition coefficient (Wildman–Crippen LogP) is 3.57. The largest absolute Gasteiger partial charge is 0.450 e. The van der Waals surface area contributed by atoms with Crippen LogP contribution in [0.15, 0.2) is 24.4 Å². The van der Waals surface area contributed by atoms with Crippen LogP contribution in [0.5, 0.6) is 0 Å². The molecule has 0 fully saturated rings. The maximum absolute atomic E-state index is 12.6. The second-order valence-corrected chi connectivity index (χ2v) is 6.02. The fourth-order valence-corrected chi connectivity index (χ4v) is 2.44. The van der Waals surface area contributed by atoms with Gasteiger partial charge in [-0.15, -0.1) is 0 Å². The number of rotatable bonds is 5. The number of carbonyl (C=O) groups is 3. The van der Waals surface area contributed by atoms with Crippen LogP contribution in [-0.4, -0.2) is 28.6 Å². The highest BCUT2D eigenvalue weighted by Gasteiger charge is 2.23. The minimum Gasteiger partial charge on any atom is -0.450 e. The molecule has 0 aliphatic heterocycles. The first-order valence-corrected chi connectivity index (χ1v) is 7.73. The molecule has 1 aromatic carbocycles. The molecule has 1 atom stereocenters. The van der Waals surface area contributed by atoms with E-state index in [1.54, 1.807) is 6.92 Å². The van der Waals surface area contributed by atoms with Gasteiger partial charge >= 0.3 is 5.97 Å². The lowest BCUT2D eigenvalue weighted by Crippen LogP contribution is -2.25. The molecule has 0 aliphatic carbocycles. The van der Waals surface area contributed by atoms with Crippen molar-refractivity contribution in [3.8, 4) is 0 Å². The molecule has 0 radical (unpaired) electrons. The third-order valence-corrected chi connectivity index (χ3v) is 4.07. The van der Waals surface area contributed by atoms with Crippen LogP contribution < -0.4 is 0 Å². The van der Waals surface area contributed by atoms with Crippen LogP contribution >= 0.6 is 0 Å². The van der Waals surface area contributed by atoms with Gasteiger partial charge in [0, 0.05) is 17.3 Å². The summed E-state index contributed by atoms with van der Waals surface area (Å²) in [6.07, 6.45) is 0.529. The maximum Gasteiger partial charge on any atom is 0.355 e. The Hall–Kier alpha value is -2.69. The number of nitrogens with one attached hydrogen (secondary N) is 1. The van der Waals surface area contributed by atoms with Gasteiger partial charge in [-0.25, -0.2) is 4.79 Å². The SMILES string of the molecule is CC(=O)c1c[nH]c(C(=O)O[C@@H](C)C(=O)c2cc(C)c(C)cc2C)c1. The summed E-state index contributed by atoms with van der Waals surface area (Å²) < 4.78 is 5.24. The first-order chi connectivity index (χ1) is 11.2. The van der Waals surface area contributed by atoms with Gasteiger partial charge in [-0.3, -0.25) is 9.59 Å². The van der Waals surface area contributed by atoms with Crippen LogP contribution in [0, 0.1) is 20.8 Å². The van der Waals surface area contributed by atoms with E-state index < -0.39 is 12.1 Å². The number of hydrogen-bond acceptors (Lipinski definition) is 4. The number of aromatic nitrogens is 1. The van der Waals surface area contributed by atoms with E-state index in [-0.39, 0.29) is 17.3 Å². The number of benzene rings is 1. The fourth-order valence-electron chi connectivity index (χ4n) is 2.44. The number of carbonyl (C=O) groups excluding carboxylic acids is 3. The number of aromatic amines is 1. The minimum atomic E-state index is -0.914. The average molecular weight is 327 g/mol. The van der Waals surface area contributed by atoms with Crippen molar-refractivity contribution < 1.29 is 19.1 Å². The summed E-state index contributed by atoms with van der Waals surface area (Å²) in [5.41, 5.74) is 4.07. The monoisotopic (exact) mass is 327 g/mol.